The molecule has 34 heavy (non-hydrogen) atoms. The van der Waals surface area contributed by atoms with Crippen molar-refractivity contribution >= 4 is 18.2 Å². The van der Waals surface area contributed by atoms with Gasteiger partial charge < -0.3 is 9.31 Å². The van der Waals surface area contributed by atoms with Crippen molar-refractivity contribution in [1.82, 2.24) is 0 Å². The van der Waals surface area contributed by atoms with Crippen LogP contribution in [0.5, 0.6) is 0 Å². The summed E-state index contributed by atoms with van der Waals surface area (Å²) in [5.41, 5.74) is -2.07. The van der Waals surface area contributed by atoms with Crippen LogP contribution in [-0.2, 0) is 9.31 Å². The molecule has 1 fully saturated rings. The third-order valence-corrected chi connectivity index (χ3v) is 6.37. The van der Waals surface area contributed by atoms with E-state index in [4.69, 9.17) is 9.31 Å². The molecule has 0 atom stereocenters. The third-order valence-electron chi connectivity index (χ3n) is 6.37. The first-order chi connectivity index (χ1) is 16.0. The van der Waals surface area contributed by atoms with Crippen LogP contribution in [0.4, 0.5) is 22.0 Å². The Bertz CT molecular complexity index is 1210. The highest BCUT2D eigenvalue weighted by atomic mass is 19.2. The van der Waals surface area contributed by atoms with E-state index in [2.05, 4.69) is 0 Å². The van der Waals surface area contributed by atoms with Crippen LogP contribution in [0.15, 0.2) is 60.7 Å². The number of hydrogen-bond donors (Lipinski definition) is 0. The molecule has 0 amide bonds. The largest absolute Gasteiger partial charge is 0.496 e. The smallest absolute Gasteiger partial charge is 0.399 e. The molecular formula is C26H22BF5O2. The summed E-state index contributed by atoms with van der Waals surface area (Å²) >= 11 is 0. The topological polar surface area (TPSA) is 18.5 Å². The van der Waals surface area contributed by atoms with Crippen LogP contribution in [0.25, 0.3) is 11.0 Å². The molecule has 0 aliphatic carbocycles. The summed E-state index contributed by atoms with van der Waals surface area (Å²) in [5, 5.41) is 0. The highest BCUT2D eigenvalue weighted by molar-refractivity contribution is 6.71. The second-order valence-corrected chi connectivity index (χ2v) is 9.05. The van der Waals surface area contributed by atoms with E-state index in [-0.39, 0.29) is 16.6 Å². The van der Waals surface area contributed by atoms with Gasteiger partial charge in [0.05, 0.1) is 16.8 Å². The van der Waals surface area contributed by atoms with E-state index < -0.39 is 53.0 Å². The third kappa shape index (κ3) is 3.95. The molecule has 0 unspecified atom stereocenters. The Morgan fingerprint density at radius 2 is 0.971 bits per heavy atom. The first-order valence-corrected chi connectivity index (χ1v) is 10.7. The second-order valence-electron chi connectivity index (χ2n) is 9.05. The molecular weight excluding hydrogens is 450 g/mol. The molecule has 1 heterocycles. The summed E-state index contributed by atoms with van der Waals surface area (Å²) < 4.78 is 85.2. The molecule has 3 aromatic carbocycles. The molecule has 8 heteroatoms. The second kappa shape index (κ2) is 8.67. The highest BCUT2D eigenvalue weighted by Gasteiger charge is 2.53. The van der Waals surface area contributed by atoms with Crippen molar-refractivity contribution in [2.45, 2.75) is 38.9 Å². The predicted octanol–water partition coefficient (Wildman–Crippen LogP) is 6.97. The maximum Gasteiger partial charge on any atom is 0.496 e. The van der Waals surface area contributed by atoms with Gasteiger partial charge in [-0.3, -0.25) is 0 Å². The van der Waals surface area contributed by atoms with Crippen LogP contribution in [0.3, 0.4) is 0 Å². The van der Waals surface area contributed by atoms with E-state index in [0.717, 1.165) is 0 Å². The molecule has 2 nitrogen and oxygen atoms in total. The summed E-state index contributed by atoms with van der Waals surface area (Å²) in [6.07, 6.45) is 0. The van der Waals surface area contributed by atoms with E-state index in [1.807, 2.05) is 0 Å². The first-order valence-electron chi connectivity index (χ1n) is 10.7. The number of rotatable bonds is 4. The monoisotopic (exact) mass is 472 g/mol. The number of hydrogen-bond acceptors (Lipinski definition) is 2. The molecule has 0 saturated carbocycles. The molecule has 1 aliphatic rings. The summed E-state index contributed by atoms with van der Waals surface area (Å²) in [5.74, 6) is -10.1. The van der Waals surface area contributed by atoms with Gasteiger partial charge in [0.1, 0.15) is 0 Å². The fourth-order valence-corrected chi connectivity index (χ4v) is 3.84. The van der Waals surface area contributed by atoms with Crippen molar-refractivity contribution in [3.8, 4) is 0 Å². The van der Waals surface area contributed by atoms with Crippen LogP contribution in [0, 0.1) is 29.1 Å². The summed E-state index contributed by atoms with van der Waals surface area (Å²) in [6, 6.07) is 16.4. The lowest BCUT2D eigenvalue weighted by Crippen LogP contribution is -2.41. The highest BCUT2D eigenvalue weighted by Crippen LogP contribution is 2.45. The van der Waals surface area contributed by atoms with Crippen molar-refractivity contribution in [2.24, 2.45) is 0 Å². The van der Waals surface area contributed by atoms with Gasteiger partial charge in [-0.2, -0.15) is 0 Å². The Kier molecular flexibility index (Phi) is 6.16. The van der Waals surface area contributed by atoms with Crippen molar-refractivity contribution in [3.63, 3.8) is 0 Å². The van der Waals surface area contributed by atoms with Crippen molar-refractivity contribution in [2.75, 3.05) is 0 Å². The Balaban J connectivity index is 2.15. The molecule has 0 radical (unpaired) electrons. The van der Waals surface area contributed by atoms with Gasteiger partial charge in [0.2, 0.25) is 5.82 Å². The molecule has 176 valence electrons. The van der Waals surface area contributed by atoms with Gasteiger partial charge in [0, 0.05) is 0 Å². The maximum absolute atomic E-state index is 15.2. The Morgan fingerprint density at radius 1 is 0.588 bits per heavy atom. The lowest BCUT2D eigenvalue weighted by Gasteiger charge is -2.32. The molecule has 0 bridgehead atoms. The number of halogens is 5. The minimum Gasteiger partial charge on any atom is -0.399 e. The molecule has 0 N–H and O–H groups in total. The van der Waals surface area contributed by atoms with Crippen LogP contribution >= 0.6 is 0 Å². The van der Waals surface area contributed by atoms with E-state index in [1.165, 1.54) is 12.1 Å². The molecule has 4 rings (SSSR count). The van der Waals surface area contributed by atoms with Gasteiger partial charge in [0.25, 0.3) is 0 Å². The zero-order valence-electron chi connectivity index (χ0n) is 19.1. The van der Waals surface area contributed by atoms with Crippen LogP contribution in [0.2, 0.25) is 0 Å². The van der Waals surface area contributed by atoms with Gasteiger partial charge in [-0.15, -0.1) is 0 Å². The average molecular weight is 472 g/mol. The van der Waals surface area contributed by atoms with Crippen LogP contribution < -0.4 is 0 Å². The van der Waals surface area contributed by atoms with Gasteiger partial charge >= 0.3 is 7.12 Å². The SMILES string of the molecule is CC1(C)OB(/C(=C(/c2ccccc2)c2c(F)c(F)c(F)c(F)c2F)c2ccccc2)OC1(C)C. The van der Waals surface area contributed by atoms with Crippen molar-refractivity contribution in [1.29, 1.82) is 0 Å². The quantitative estimate of drug-likeness (QED) is 0.134. The fraction of sp³-hybridized carbons (Fsp3) is 0.231. The first kappa shape index (κ1) is 24.2. The van der Waals surface area contributed by atoms with Crippen molar-refractivity contribution < 1.29 is 31.3 Å². The fourth-order valence-electron chi connectivity index (χ4n) is 3.84. The molecule has 1 aliphatic heterocycles. The Labute approximate surface area is 195 Å². The molecule has 0 aromatic heterocycles. The Hall–Kier alpha value is -2.97. The van der Waals surface area contributed by atoms with E-state index in [1.54, 1.807) is 76.2 Å². The van der Waals surface area contributed by atoms with Gasteiger partial charge in [-0.25, -0.2) is 22.0 Å². The molecule has 3 aromatic rings. The average Bonchev–Trinajstić information content (AvgIpc) is 3.03. The van der Waals surface area contributed by atoms with Crippen molar-refractivity contribution in [3.05, 3.63) is 106 Å². The van der Waals surface area contributed by atoms with Gasteiger partial charge in [-0.1, -0.05) is 60.7 Å². The van der Waals surface area contributed by atoms with E-state index in [9.17, 15) is 13.2 Å². The Morgan fingerprint density at radius 3 is 1.41 bits per heavy atom. The predicted molar refractivity (Wildman–Crippen MR) is 121 cm³/mol. The number of benzene rings is 3. The summed E-state index contributed by atoms with van der Waals surface area (Å²) in [6.45, 7) is 7.21. The minimum atomic E-state index is -2.22. The van der Waals surface area contributed by atoms with Crippen LogP contribution in [-0.4, -0.2) is 18.3 Å². The van der Waals surface area contributed by atoms with E-state index >= 15 is 8.78 Å². The normalized spacial score (nSPS) is 17.6. The molecule has 1 saturated heterocycles. The maximum atomic E-state index is 15.2. The van der Waals surface area contributed by atoms with Gasteiger partial charge in [-0.05, 0) is 49.9 Å². The lowest BCUT2D eigenvalue weighted by molar-refractivity contribution is 0.00578. The summed E-state index contributed by atoms with van der Waals surface area (Å²) in [4.78, 5) is 0. The lowest BCUT2D eigenvalue weighted by atomic mass is 9.68. The van der Waals surface area contributed by atoms with E-state index in [0.29, 0.717) is 5.56 Å². The summed E-state index contributed by atoms with van der Waals surface area (Å²) in [7, 11) is -1.16. The van der Waals surface area contributed by atoms with Crippen LogP contribution in [0.1, 0.15) is 44.4 Å². The minimum absolute atomic E-state index is 0.147. The van der Waals surface area contributed by atoms with Gasteiger partial charge in [0.15, 0.2) is 23.3 Å². The standard InChI is InChI=1S/C26H22BF5O2/c1-25(2)26(3,4)34-27(33-25)19(16-13-9-6-10-14-16)17(15-11-7-5-8-12-15)18-20(28)22(30)24(32)23(31)21(18)29/h5-14H,1-4H3/b19-17-. The zero-order valence-corrected chi connectivity index (χ0v) is 19.1. The zero-order chi connectivity index (χ0) is 24.8. The molecule has 0 spiro atoms.